The highest BCUT2D eigenvalue weighted by atomic mass is 79.9. The molecule has 1 amide bonds. The Morgan fingerprint density at radius 3 is 2.67 bits per heavy atom. The second kappa shape index (κ2) is 5.61. The highest BCUT2D eigenvalue weighted by Crippen LogP contribution is 2.23. The summed E-state index contributed by atoms with van der Waals surface area (Å²) in [7, 11) is 0. The van der Waals surface area contributed by atoms with Gasteiger partial charge in [0.2, 0.25) is 0 Å². The molecular weight excluding hydrogens is 335 g/mol. The minimum absolute atomic E-state index is 0.0269. The molecule has 0 atom stereocenters. The number of hydrogen-bond acceptors (Lipinski definition) is 2. The van der Waals surface area contributed by atoms with Crippen LogP contribution in [0.4, 0.5) is 10.1 Å². The Hall–Kier alpha value is -2.27. The van der Waals surface area contributed by atoms with Crippen molar-refractivity contribution in [3.8, 4) is 0 Å². The molecular formula is C16H10BrFN2O. The van der Waals surface area contributed by atoms with Crippen molar-refractivity contribution in [2.24, 2.45) is 0 Å². The molecule has 0 radical (unpaired) electrons. The van der Waals surface area contributed by atoms with E-state index in [-0.39, 0.29) is 5.56 Å². The van der Waals surface area contributed by atoms with Gasteiger partial charge in [-0.25, -0.2) is 4.39 Å². The van der Waals surface area contributed by atoms with Crippen LogP contribution in [0.25, 0.3) is 10.8 Å². The number of carbonyl (C=O) groups is 1. The summed E-state index contributed by atoms with van der Waals surface area (Å²) in [5, 5.41) is 4.73. The molecule has 1 N–H and O–H groups in total. The van der Waals surface area contributed by atoms with Gasteiger partial charge in [-0.3, -0.25) is 9.78 Å². The first-order chi connectivity index (χ1) is 10.1. The molecule has 0 saturated carbocycles. The van der Waals surface area contributed by atoms with Crippen LogP contribution >= 0.6 is 15.9 Å². The third-order valence-electron chi connectivity index (χ3n) is 3.08. The zero-order valence-electron chi connectivity index (χ0n) is 10.8. The fraction of sp³-hybridized carbons (Fsp3) is 0. The van der Waals surface area contributed by atoms with Crippen LogP contribution in [0.2, 0.25) is 0 Å². The number of rotatable bonds is 2. The van der Waals surface area contributed by atoms with Gasteiger partial charge in [0.25, 0.3) is 5.91 Å². The SMILES string of the molecule is O=C(Nc1ccc2cc(Br)ccc2c1)c1ccncc1F. The summed E-state index contributed by atoms with van der Waals surface area (Å²) in [6.07, 6.45) is 2.41. The van der Waals surface area contributed by atoms with Gasteiger partial charge in [0.1, 0.15) is 0 Å². The summed E-state index contributed by atoms with van der Waals surface area (Å²) in [6.45, 7) is 0. The summed E-state index contributed by atoms with van der Waals surface area (Å²) >= 11 is 3.41. The number of aromatic nitrogens is 1. The fourth-order valence-corrected chi connectivity index (χ4v) is 2.43. The summed E-state index contributed by atoms with van der Waals surface area (Å²) in [5.41, 5.74) is 0.590. The molecule has 0 unspecified atom stereocenters. The third kappa shape index (κ3) is 2.92. The molecule has 3 nitrogen and oxygen atoms in total. The lowest BCUT2D eigenvalue weighted by Gasteiger charge is -2.07. The van der Waals surface area contributed by atoms with Crippen molar-refractivity contribution in [1.29, 1.82) is 0 Å². The third-order valence-corrected chi connectivity index (χ3v) is 3.57. The molecule has 0 aliphatic carbocycles. The summed E-state index contributed by atoms with van der Waals surface area (Å²) in [4.78, 5) is 15.7. The molecule has 0 spiro atoms. The Balaban J connectivity index is 1.90. The van der Waals surface area contributed by atoms with Crippen LogP contribution in [-0.2, 0) is 0 Å². The average molecular weight is 345 g/mol. The van der Waals surface area contributed by atoms with E-state index >= 15 is 0 Å². The molecule has 0 aliphatic heterocycles. The highest BCUT2D eigenvalue weighted by Gasteiger charge is 2.11. The smallest absolute Gasteiger partial charge is 0.258 e. The topological polar surface area (TPSA) is 42.0 Å². The van der Waals surface area contributed by atoms with E-state index in [0.717, 1.165) is 21.4 Å². The monoisotopic (exact) mass is 344 g/mol. The second-order valence-corrected chi connectivity index (χ2v) is 5.43. The molecule has 21 heavy (non-hydrogen) atoms. The number of pyridine rings is 1. The Kier molecular flexibility index (Phi) is 3.66. The van der Waals surface area contributed by atoms with Crippen molar-refractivity contribution in [2.45, 2.75) is 0 Å². The van der Waals surface area contributed by atoms with Crippen LogP contribution in [-0.4, -0.2) is 10.9 Å². The lowest BCUT2D eigenvalue weighted by molar-refractivity contribution is 0.102. The number of benzene rings is 2. The minimum atomic E-state index is -0.639. The van der Waals surface area contributed by atoms with Gasteiger partial charge in [0.15, 0.2) is 5.82 Å². The van der Waals surface area contributed by atoms with Crippen LogP contribution in [0, 0.1) is 5.82 Å². The van der Waals surface area contributed by atoms with Crippen LogP contribution in [0.5, 0.6) is 0 Å². The van der Waals surface area contributed by atoms with Gasteiger partial charge in [-0.1, -0.05) is 28.1 Å². The first kappa shape index (κ1) is 13.7. The number of nitrogens with zero attached hydrogens (tertiary/aromatic N) is 1. The lowest BCUT2D eigenvalue weighted by atomic mass is 10.1. The van der Waals surface area contributed by atoms with Gasteiger partial charge >= 0.3 is 0 Å². The Bertz CT molecular complexity index is 835. The van der Waals surface area contributed by atoms with E-state index in [2.05, 4.69) is 26.2 Å². The van der Waals surface area contributed by atoms with E-state index in [9.17, 15) is 9.18 Å². The molecule has 0 fully saturated rings. The number of amides is 1. The molecule has 1 heterocycles. The van der Waals surface area contributed by atoms with Crippen molar-refractivity contribution < 1.29 is 9.18 Å². The summed E-state index contributed by atoms with van der Waals surface area (Å²) < 4.78 is 14.5. The maximum absolute atomic E-state index is 13.5. The van der Waals surface area contributed by atoms with Gasteiger partial charge in [-0.2, -0.15) is 0 Å². The van der Waals surface area contributed by atoms with E-state index < -0.39 is 11.7 Å². The maximum atomic E-state index is 13.5. The van der Waals surface area contributed by atoms with E-state index in [1.807, 2.05) is 30.3 Å². The maximum Gasteiger partial charge on any atom is 0.258 e. The number of halogens is 2. The van der Waals surface area contributed by atoms with E-state index in [1.54, 1.807) is 6.07 Å². The molecule has 5 heteroatoms. The van der Waals surface area contributed by atoms with Crippen LogP contribution in [0.1, 0.15) is 10.4 Å². The van der Waals surface area contributed by atoms with Gasteiger partial charge in [0, 0.05) is 16.4 Å². The molecule has 0 bridgehead atoms. The van der Waals surface area contributed by atoms with Gasteiger partial charge in [-0.05, 0) is 41.1 Å². The standard InChI is InChI=1S/C16H10BrFN2O/c17-12-3-1-11-8-13(4-2-10(11)7-12)20-16(21)14-5-6-19-9-15(14)18/h1-9H,(H,20,21). The lowest BCUT2D eigenvalue weighted by Crippen LogP contribution is -2.13. The van der Waals surface area contributed by atoms with Crippen molar-refractivity contribution in [3.63, 3.8) is 0 Å². The Labute approximate surface area is 128 Å². The molecule has 0 aliphatic rings. The summed E-state index contributed by atoms with van der Waals surface area (Å²) in [6, 6.07) is 12.7. The van der Waals surface area contributed by atoms with E-state index in [1.165, 1.54) is 12.3 Å². The zero-order valence-corrected chi connectivity index (χ0v) is 12.4. The van der Waals surface area contributed by atoms with Crippen molar-refractivity contribution in [3.05, 3.63) is 70.7 Å². The molecule has 3 rings (SSSR count). The summed E-state index contributed by atoms with van der Waals surface area (Å²) in [5.74, 6) is -1.13. The molecule has 1 aromatic heterocycles. The first-order valence-electron chi connectivity index (χ1n) is 6.24. The van der Waals surface area contributed by atoms with Gasteiger partial charge in [-0.15, -0.1) is 0 Å². The molecule has 3 aromatic rings. The minimum Gasteiger partial charge on any atom is -0.322 e. The number of anilines is 1. The van der Waals surface area contributed by atoms with Crippen LogP contribution in [0.3, 0.4) is 0 Å². The Morgan fingerprint density at radius 1 is 1.10 bits per heavy atom. The van der Waals surface area contributed by atoms with Crippen LogP contribution < -0.4 is 5.32 Å². The zero-order chi connectivity index (χ0) is 14.8. The molecule has 0 saturated heterocycles. The van der Waals surface area contributed by atoms with Crippen molar-refractivity contribution >= 4 is 38.3 Å². The van der Waals surface area contributed by atoms with Crippen LogP contribution in [0.15, 0.2) is 59.3 Å². The Morgan fingerprint density at radius 2 is 1.86 bits per heavy atom. The molecule has 104 valence electrons. The predicted molar refractivity (Wildman–Crippen MR) is 83.8 cm³/mol. The second-order valence-electron chi connectivity index (χ2n) is 4.52. The first-order valence-corrected chi connectivity index (χ1v) is 7.03. The molecule has 2 aromatic carbocycles. The van der Waals surface area contributed by atoms with Gasteiger partial charge < -0.3 is 5.32 Å². The number of nitrogens with one attached hydrogen (secondary N) is 1. The predicted octanol–water partition coefficient (Wildman–Crippen LogP) is 4.39. The number of hydrogen-bond donors (Lipinski definition) is 1. The highest BCUT2D eigenvalue weighted by molar-refractivity contribution is 9.10. The van der Waals surface area contributed by atoms with E-state index in [0.29, 0.717) is 5.69 Å². The largest absolute Gasteiger partial charge is 0.322 e. The van der Waals surface area contributed by atoms with E-state index in [4.69, 9.17) is 0 Å². The van der Waals surface area contributed by atoms with Crippen molar-refractivity contribution in [1.82, 2.24) is 4.98 Å². The fourth-order valence-electron chi connectivity index (χ4n) is 2.05. The average Bonchev–Trinajstić information content (AvgIpc) is 2.48. The number of carbonyl (C=O) groups excluding carboxylic acids is 1. The van der Waals surface area contributed by atoms with Gasteiger partial charge in [0.05, 0.1) is 11.8 Å². The normalized spacial score (nSPS) is 10.6. The number of fused-ring (bicyclic) bond motifs is 1. The quantitative estimate of drug-likeness (QED) is 0.749. The van der Waals surface area contributed by atoms with Crippen molar-refractivity contribution in [2.75, 3.05) is 5.32 Å².